The molecule has 0 aliphatic heterocycles. The molecule has 222 valence electrons. The van der Waals surface area contributed by atoms with Gasteiger partial charge >= 0.3 is 6.18 Å². The van der Waals surface area contributed by atoms with Crippen LogP contribution in [0.1, 0.15) is 59.8 Å². The van der Waals surface area contributed by atoms with E-state index < -0.39 is 35.0 Å². The Balaban J connectivity index is 1.98. The monoisotopic (exact) mass is 606 g/mol. The van der Waals surface area contributed by atoms with Crippen LogP contribution in [0.4, 0.5) is 23.2 Å². The van der Waals surface area contributed by atoms with Gasteiger partial charge in [0.15, 0.2) is 5.82 Å². The summed E-state index contributed by atoms with van der Waals surface area (Å²) >= 11 is 6.29. The fourth-order valence-corrected chi connectivity index (χ4v) is 3.75. The number of hydrogen-bond donors (Lipinski definition) is 3. The van der Waals surface area contributed by atoms with Crippen molar-refractivity contribution >= 4 is 29.1 Å². The topological polar surface area (TPSA) is 126 Å². The molecule has 3 N–H and O–H groups in total. The molecule has 0 aliphatic carbocycles. The predicted molar refractivity (Wildman–Crippen MR) is 148 cm³/mol. The van der Waals surface area contributed by atoms with Crippen molar-refractivity contribution in [2.24, 2.45) is 10.3 Å². The van der Waals surface area contributed by atoms with Gasteiger partial charge in [-0.2, -0.15) is 18.3 Å². The Bertz CT molecular complexity index is 1590. The third-order valence-electron chi connectivity index (χ3n) is 5.23. The highest BCUT2D eigenvalue weighted by molar-refractivity contribution is 6.32. The number of benzene rings is 1. The molecule has 0 radical (unpaired) electrons. The Hall–Kier alpha value is -4.55. The first kappa shape index (κ1) is 32.0. The van der Waals surface area contributed by atoms with Gasteiger partial charge in [-0.05, 0) is 76.6 Å². The second kappa shape index (κ2) is 13.0. The second-order valence-corrected chi connectivity index (χ2v) is 10.3. The minimum atomic E-state index is -4.76. The van der Waals surface area contributed by atoms with Crippen LogP contribution in [-0.4, -0.2) is 38.3 Å². The lowest BCUT2D eigenvalue weighted by Gasteiger charge is -2.22. The SMILES string of the molecule is CC=C=C(/N=N\NCc1cc(C(=O)Nc2c(C)cc(F)cc2C(=O)NC(C)(C)C)n(-c2ncccc2Cl)n1)C(F)(F)F. The third-order valence-corrected chi connectivity index (χ3v) is 5.53. The molecule has 15 heteroatoms. The molecule has 3 rings (SSSR count). The molecule has 0 fully saturated rings. The molecule has 42 heavy (non-hydrogen) atoms. The molecule has 0 atom stereocenters. The van der Waals surface area contributed by atoms with Gasteiger partial charge in [0, 0.05) is 11.7 Å². The van der Waals surface area contributed by atoms with Crippen molar-refractivity contribution in [3.8, 4) is 5.82 Å². The molecule has 0 saturated carbocycles. The number of allylic oxidation sites excluding steroid dienone is 1. The molecule has 0 unspecified atom stereocenters. The smallest absolute Gasteiger partial charge is 0.347 e. The van der Waals surface area contributed by atoms with Gasteiger partial charge in [0.2, 0.25) is 5.70 Å². The highest BCUT2D eigenvalue weighted by atomic mass is 35.5. The number of aryl methyl sites for hydroxylation is 1. The highest BCUT2D eigenvalue weighted by Crippen LogP contribution is 2.27. The van der Waals surface area contributed by atoms with Crippen molar-refractivity contribution in [1.29, 1.82) is 0 Å². The Morgan fingerprint density at radius 1 is 1.17 bits per heavy atom. The molecule has 0 saturated heterocycles. The molecule has 2 amide bonds. The summed E-state index contributed by atoms with van der Waals surface area (Å²) in [6, 6.07) is 6.58. The number of aromatic nitrogens is 3. The summed E-state index contributed by atoms with van der Waals surface area (Å²) in [6.07, 6.45) is -2.30. The summed E-state index contributed by atoms with van der Waals surface area (Å²) in [5, 5.41) is 16.3. The zero-order valence-electron chi connectivity index (χ0n) is 23.2. The minimum Gasteiger partial charge on any atom is -0.347 e. The third kappa shape index (κ3) is 8.24. The van der Waals surface area contributed by atoms with Gasteiger partial charge in [0.05, 0.1) is 28.5 Å². The fraction of sp³-hybridized carbons (Fsp3) is 0.296. The lowest BCUT2D eigenvalue weighted by molar-refractivity contribution is -0.0929. The zero-order valence-corrected chi connectivity index (χ0v) is 23.9. The van der Waals surface area contributed by atoms with Crippen LogP contribution in [0.2, 0.25) is 5.02 Å². The van der Waals surface area contributed by atoms with E-state index >= 15 is 0 Å². The molecular weight excluding hydrogens is 580 g/mol. The number of carbonyl (C=O) groups excluding carboxylic acids is 2. The van der Waals surface area contributed by atoms with Crippen LogP contribution in [0.25, 0.3) is 5.82 Å². The van der Waals surface area contributed by atoms with E-state index in [9.17, 15) is 27.2 Å². The summed E-state index contributed by atoms with van der Waals surface area (Å²) in [5.74, 6) is -1.96. The number of nitrogens with zero attached hydrogens (tertiary/aromatic N) is 5. The Labute approximate surface area is 243 Å². The number of hydrogen-bond acceptors (Lipinski definition) is 6. The fourth-order valence-electron chi connectivity index (χ4n) is 3.55. The minimum absolute atomic E-state index is 0.0620. The van der Waals surface area contributed by atoms with Gasteiger partial charge in [-0.1, -0.05) is 22.6 Å². The average molecular weight is 607 g/mol. The molecule has 0 aliphatic rings. The van der Waals surface area contributed by atoms with Crippen molar-refractivity contribution in [2.45, 2.75) is 52.9 Å². The number of rotatable bonds is 8. The number of anilines is 1. The first-order valence-electron chi connectivity index (χ1n) is 12.4. The molecule has 3 aromatic rings. The predicted octanol–water partition coefficient (Wildman–Crippen LogP) is 6.23. The average Bonchev–Trinajstić information content (AvgIpc) is 3.30. The maximum atomic E-state index is 14.3. The molecule has 0 spiro atoms. The van der Waals surface area contributed by atoms with E-state index in [1.54, 1.807) is 26.8 Å². The van der Waals surface area contributed by atoms with Crippen LogP contribution in [-0.2, 0) is 6.54 Å². The molecular formula is C27H27ClF4N8O2. The maximum absolute atomic E-state index is 14.3. The maximum Gasteiger partial charge on any atom is 0.442 e. The van der Waals surface area contributed by atoms with Crippen LogP contribution < -0.4 is 16.1 Å². The van der Waals surface area contributed by atoms with Gasteiger partial charge in [-0.25, -0.2) is 14.1 Å². The molecule has 2 aromatic heterocycles. The van der Waals surface area contributed by atoms with Crippen LogP contribution in [0.5, 0.6) is 0 Å². The van der Waals surface area contributed by atoms with Crippen molar-refractivity contribution < 1.29 is 27.2 Å². The van der Waals surface area contributed by atoms with Crippen molar-refractivity contribution in [2.75, 3.05) is 5.32 Å². The Kier molecular flexibility index (Phi) is 9.87. The first-order chi connectivity index (χ1) is 19.6. The van der Waals surface area contributed by atoms with E-state index in [0.29, 0.717) is 0 Å². The van der Waals surface area contributed by atoms with Crippen LogP contribution >= 0.6 is 11.6 Å². The summed E-state index contributed by atoms with van der Waals surface area (Å²) in [5.41, 5.74) is 2.61. The van der Waals surface area contributed by atoms with E-state index in [1.807, 2.05) is 5.73 Å². The second-order valence-electron chi connectivity index (χ2n) is 9.86. The van der Waals surface area contributed by atoms with Crippen molar-refractivity contribution in [1.82, 2.24) is 25.5 Å². The summed E-state index contributed by atoms with van der Waals surface area (Å²) in [4.78, 5) is 30.7. The number of amides is 2. The van der Waals surface area contributed by atoms with Crippen LogP contribution in [0.3, 0.4) is 0 Å². The molecule has 1 aromatic carbocycles. The lowest BCUT2D eigenvalue weighted by atomic mass is 10.0. The van der Waals surface area contributed by atoms with E-state index in [1.165, 1.54) is 32.2 Å². The summed E-state index contributed by atoms with van der Waals surface area (Å²) < 4.78 is 54.4. The standard InChI is InChI=1S/C27H27ClF4N8O2/c1-6-8-21(27(30,31)32)37-39-34-14-17-13-20(40(38-17)23-19(28)9-7-10-33-23)25(42)35-22-15(2)11-16(29)12-18(22)24(41)36-26(3,4)5/h6-7,9-13H,14H2,1-5H3,(H,34,37)(H,35,42)(H,36,41). The molecule has 0 bridgehead atoms. The van der Waals surface area contributed by atoms with Crippen LogP contribution in [0.15, 0.2) is 64.4 Å². The quantitative estimate of drug-likeness (QED) is 0.121. The van der Waals surface area contributed by atoms with Crippen molar-refractivity contribution in [3.63, 3.8) is 0 Å². The number of pyridine rings is 1. The number of alkyl halides is 3. The number of carbonyl (C=O) groups is 2. The van der Waals surface area contributed by atoms with Gasteiger partial charge in [0.1, 0.15) is 11.5 Å². The van der Waals surface area contributed by atoms with E-state index in [0.717, 1.165) is 22.9 Å². The first-order valence-corrected chi connectivity index (χ1v) is 12.7. The van der Waals surface area contributed by atoms with Crippen LogP contribution in [0, 0.1) is 12.7 Å². The van der Waals surface area contributed by atoms with Gasteiger partial charge < -0.3 is 10.6 Å². The Morgan fingerprint density at radius 2 is 1.88 bits per heavy atom. The van der Waals surface area contributed by atoms with Gasteiger partial charge in [-0.3, -0.25) is 15.0 Å². The number of nitrogens with one attached hydrogen (secondary N) is 3. The lowest BCUT2D eigenvalue weighted by Crippen LogP contribution is -2.41. The van der Waals surface area contributed by atoms with E-state index in [2.05, 4.69) is 36.5 Å². The molecule has 10 nitrogen and oxygen atoms in total. The van der Waals surface area contributed by atoms with Gasteiger partial charge in [0.25, 0.3) is 11.8 Å². The van der Waals surface area contributed by atoms with E-state index in [4.69, 9.17) is 11.6 Å². The normalized spacial score (nSPS) is 11.7. The highest BCUT2D eigenvalue weighted by Gasteiger charge is 2.34. The van der Waals surface area contributed by atoms with Crippen molar-refractivity contribution in [3.05, 3.63) is 87.4 Å². The summed E-state index contributed by atoms with van der Waals surface area (Å²) in [7, 11) is 0. The zero-order chi connectivity index (χ0) is 31.2. The Morgan fingerprint density at radius 3 is 2.50 bits per heavy atom. The largest absolute Gasteiger partial charge is 0.442 e. The van der Waals surface area contributed by atoms with E-state index in [-0.39, 0.29) is 45.6 Å². The number of halogens is 5. The molecule has 2 heterocycles. The summed E-state index contributed by atoms with van der Waals surface area (Å²) in [6.45, 7) is 7.89. The van der Waals surface area contributed by atoms with Gasteiger partial charge in [-0.15, -0.1) is 5.11 Å².